The molecule has 0 bridgehead atoms. The van der Waals surface area contributed by atoms with Crippen LogP contribution in [0.4, 0.5) is 13.2 Å². The van der Waals surface area contributed by atoms with E-state index in [2.05, 4.69) is 34.5 Å². The van der Waals surface area contributed by atoms with E-state index >= 15 is 0 Å². The van der Waals surface area contributed by atoms with Crippen molar-refractivity contribution in [2.75, 3.05) is 0 Å². The van der Waals surface area contributed by atoms with Gasteiger partial charge in [-0.15, -0.1) is 0 Å². The van der Waals surface area contributed by atoms with Gasteiger partial charge in [0.1, 0.15) is 5.75 Å². The molecule has 4 aromatic rings. The standard InChI is InChI=1S/C23H15F3O3S/c1-13-2-6-17-14(10-13)3-7-19-20-8-4-15-11-16(29-30(27,28)23(24,25)26)5-9-18(15)22(20)12-21(17)19/h2-11H,12H2,1H3. The summed E-state index contributed by atoms with van der Waals surface area (Å²) in [5.74, 6) is -0.365. The lowest BCUT2D eigenvalue weighted by Gasteiger charge is -2.11. The number of halogens is 3. The fourth-order valence-electron chi connectivity index (χ4n) is 4.17. The van der Waals surface area contributed by atoms with Gasteiger partial charge in [-0.1, -0.05) is 54.1 Å². The molecular weight excluding hydrogens is 413 g/mol. The zero-order valence-electron chi connectivity index (χ0n) is 15.7. The van der Waals surface area contributed by atoms with E-state index < -0.39 is 15.6 Å². The fourth-order valence-corrected chi connectivity index (χ4v) is 4.63. The van der Waals surface area contributed by atoms with Crippen LogP contribution in [0.25, 0.3) is 32.7 Å². The Labute approximate surface area is 170 Å². The molecule has 4 aromatic carbocycles. The van der Waals surface area contributed by atoms with Gasteiger partial charge in [0.15, 0.2) is 0 Å². The van der Waals surface area contributed by atoms with Crippen LogP contribution < -0.4 is 4.18 Å². The van der Waals surface area contributed by atoms with Gasteiger partial charge in [0.2, 0.25) is 0 Å². The Kier molecular flexibility index (Phi) is 3.92. The van der Waals surface area contributed by atoms with E-state index in [4.69, 9.17) is 0 Å². The number of rotatable bonds is 2. The van der Waals surface area contributed by atoms with Gasteiger partial charge in [0.05, 0.1) is 0 Å². The molecule has 3 nitrogen and oxygen atoms in total. The average molecular weight is 428 g/mol. The van der Waals surface area contributed by atoms with Crippen LogP contribution >= 0.6 is 0 Å². The van der Waals surface area contributed by atoms with Crippen molar-refractivity contribution in [1.82, 2.24) is 0 Å². The quantitative estimate of drug-likeness (QED) is 0.252. The first-order valence-electron chi connectivity index (χ1n) is 9.23. The summed E-state index contributed by atoms with van der Waals surface area (Å²) < 4.78 is 64.7. The summed E-state index contributed by atoms with van der Waals surface area (Å²) in [7, 11) is -5.70. The molecule has 0 N–H and O–H groups in total. The molecule has 1 aliphatic rings. The minimum atomic E-state index is -5.70. The minimum absolute atomic E-state index is 0.365. The summed E-state index contributed by atoms with van der Waals surface area (Å²) >= 11 is 0. The second-order valence-corrected chi connectivity index (χ2v) is 8.99. The summed E-state index contributed by atoms with van der Waals surface area (Å²) in [6.45, 7) is 2.05. The van der Waals surface area contributed by atoms with E-state index in [1.807, 2.05) is 13.0 Å². The normalized spacial score (nSPS) is 13.5. The van der Waals surface area contributed by atoms with Crippen LogP contribution in [-0.4, -0.2) is 13.9 Å². The molecule has 152 valence electrons. The molecule has 0 unspecified atom stereocenters. The molecule has 0 fully saturated rings. The zero-order chi connectivity index (χ0) is 21.3. The third-order valence-corrected chi connectivity index (χ3v) is 6.50. The first kappa shape index (κ1) is 18.9. The van der Waals surface area contributed by atoms with Crippen LogP contribution in [0.3, 0.4) is 0 Å². The lowest BCUT2D eigenvalue weighted by atomic mass is 9.98. The van der Waals surface area contributed by atoms with Gasteiger partial charge in [-0.2, -0.15) is 21.6 Å². The monoisotopic (exact) mass is 428 g/mol. The number of hydrogen-bond donors (Lipinski definition) is 0. The lowest BCUT2D eigenvalue weighted by molar-refractivity contribution is -0.0500. The Balaban J connectivity index is 1.60. The second-order valence-electron chi connectivity index (χ2n) is 7.45. The maximum atomic E-state index is 12.6. The number of benzene rings is 4. The largest absolute Gasteiger partial charge is 0.534 e. The van der Waals surface area contributed by atoms with Crippen molar-refractivity contribution in [2.24, 2.45) is 0 Å². The van der Waals surface area contributed by atoms with Gasteiger partial charge in [-0.3, -0.25) is 0 Å². The van der Waals surface area contributed by atoms with E-state index in [0.717, 1.165) is 22.1 Å². The van der Waals surface area contributed by atoms with E-state index in [0.29, 0.717) is 11.8 Å². The molecule has 1 aliphatic carbocycles. The van der Waals surface area contributed by atoms with Gasteiger partial charge in [-0.25, -0.2) is 0 Å². The van der Waals surface area contributed by atoms with E-state index in [1.54, 1.807) is 12.1 Å². The summed E-state index contributed by atoms with van der Waals surface area (Å²) in [6, 6.07) is 18.4. The number of alkyl halides is 3. The third-order valence-electron chi connectivity index (χ3n) is 5.52. The fraction of sp³-hybridized carbons (Fsp3) is 0.130. The highest BCUT2D eigenvalue weighted by Gasteiger charge is 2.48. The molecule has 0 spiro atoms. The second kappa shape index (κ2) is 6.22. The Morgan fingerprint density at radius 3 is 1.97 bits per heavy atom. The Bertz CT molecular complexity index is 1450. The zero-order valence-corrected chi connectivity index (χ0v) is 16.6. The van der Waals surface area contributed by atoms with Crippen LogP contribution in [0.2, 0.25) is 0 Å². The summed E-state index contributed by atoms with van der Waals surface area (Å²) in [6.07, 6.45) is 0.698. The predicted molar refractivity (Wildman–Crippen MR) is 110 cm³/mol. The Hall–Kier alpha value is -3.06. The topological polar surface area (TPSA) is 43.4 Å². The third kappa shape index (κ3) is 2.84. The molecule has 5 rings (SSSR count). The summed E-state index contributed by atoms with van der Waals surface area (Å²) in [5.41, 5.74) is 0.223. The summed E-state index contributed by atoms with van der Waals surface area (Å²) in [4.78, 5) is 0. The van der Waals surface area contributed by atoms with Crippen molar-refractivity contribution in [1.29, 1.82) is 0 Å². The smallest absolute Gasteiger partial charge is 0.376 e. The van der Waals surface area contributed by atoms with Gasteiger partial charge < -0.3 is 4.18 Å². The maximum absolute atomic E-state index is 12.6. The number of hydrogen-bond acceptors (Lipinski definition) is 3. The molecule has 0 amide bonds. The van der Waals surface area contributed by atoms with Gasteiger partial charge in [-0.05, 0) is 69.3 Å². The molecule has 0 saturated heterocycles. The van der Waals surface area contributed by atoms with E-state index in [-0.39, 0.29) is 5.75 Å². The number of fused-ring (bicyclic) bond motifs is 7. The Morgan fingerprint density at radius 1 is 0.800 bits per heavy atom. The minimum Gasteiger partial charge on any atom is -0.376 e. The number of aryl methyl sites for hydroxylation is 1. The van der Waals surface area contributed by atoms with Crippen LogP contribution in [0.15, 0.2) is 60.7 Å². The van der Waals surface area contributed by atoms with Gasteiger partial charge >= 0.3 is 15.6 Å². The van der Waals surface area contributed by atoms with Crippen molar-refractivity contribution in [3.63, 3.8) is 0 Å². The SMILES string of the molecule is Cc1ccc2c3c(ccc2c1)-c1ccc2cc(OS(=O)(=O)C(F)(F)F)ccc2c1C3. The lowest BCUT2D eigenvalue weighted by Crippen LogP contribution is -2.28. The molecule has 30 heavy (non-hydrogen) atoms. The molecule has 0 aromatic heterocycles. The maximum Gasteiger partial charge on any atom is 0.534 e. The highest BCUT2D eigenvalue weighted by atomic mass is 32.2. The van der Waals surface area contributed by atoms with Crippen LogP contribution in [0.1, 0.15) is 16.7 Å². The highest BCUT2D eigenvalue weighted by molar-refractivity contribution is 7.88. The molecule has 7 heteroatoms. The van der Waals surface area contributed by atoms with Crippen molar-refractivity contribution in [3.8, 4) is 16.9 Å². The first-order chi connectivity index (χ1) is 14.1. The molecule has 0 atom stereocenters. The van der Waals surface area contributed by atoms with Gasteiger partial charge in [0.25, 0.3) is 0 Å². The molecular formula is C23H15F3O3S. The highest BCUT2D eigenvalue weighted by Crippen LogP contribution is 2.44. The molecule has 0 heterocycles. The van der Waals surface area contributed by atoms with Crippen molar-refractivity contribution < 1.29 is 25.8 Å². The molecule has 0 radical (unpaired) electrons. The molecule has 0 aliphatic heterocycles. The molecule has 0 saturated carbocycles. The Morgan fingerprint density at radius 2 is 1.37 bits per heavy atom. The van der Waals surface area contributed by atoms with E-state index in [9.17, 15) is 21.6 Å². The average Bonchev–Trinajstić information content (AvgIpc) is 3.05. The van der Waals surface area contributed by atoms with Crippen molar-refractivity contribution >= 4 is 31.7 Å². The van der Waals surface area contributed by atoms with E-state index in [1.165, 1.54) is 34.0 Å². The van der Waals surface area contributed by atoms with Crippen LogP contribution in [-0.2, 0) is 16.5 Å². The summed E-state index contributed by atoms with van der Waals surface area (Å²) in [5, 5.41) is 3.83. The predicted octanol–water partition coefficient (Wildman–Crippen LogP) is 6.10. The van der Waals surface area contributed by atoms with Gasteiger partial charge in [0, 0.05) is 0 Å². The van der Waals surface area contributed by atoms with Crippen molar-refractivity contribution in [2.45, 2.75) is 18.9 Å². The van der Waals surface area contributed by atoms with Crippen LogP contribution in [0, 0.1) is 6.92 Å². The van der Waals surface area contributed by atoms with Crippen molar-refractivity contribution in [3.05, 3.63) is 77.4 Å². The van der Waals surface area contributed by atoms with Crippen LogP contribution in [0.5, 0.6) is 5.75 Å². The first-order valence-corrected chi connectivity index (χ1v) is 10.6.